The molecule has 27 heavy (non-hydrogen) atoms. The van der Waals surface area contributed by atoms with Gasteiger partial charge in [-0.1, -0.05) is 0 Å². The molecule has 0 aliphatic rings. The first-order valence-electron chi connectivity index (χ1n) is 8.63. The minimum absolute atomic E-state index is 0.152. The summed E-state index contributed by atoms with van der Waals surface area (Å²) >= 11 is 0. The highest BCUT2D eigenvalue weighted by Gasteiger charge is 2.19. The molecule has 4 aromatic rings. The summed E-state index contributed by atoms with van der Waals surface area (Å²) in [4.78, 5) is 21.9. The number of rotatable bonds is 3. The molecule has 1 amide bonds. The molecule has 0 aliphatic carbocycles. The molecule has 0 fully saturated rings. The van der Waals surface area contributed by atoms with Crippen LogP contribution in [-0.2, 0) is 0 Å². The van der Waals surface area contributed by atoms with Crippen molar-refractivity contribution >= 4 is 16.9 Å². The lowest BCUT2D eigenvalue weighted by molar-refractivity contribution is 0.0919. The van der Waals surface area contributed by atoms with Gasteiger partial charge >= 0.3 is 0 Å². The van der Waals surface area contributed by atoms with Crippen LogP contribution in [0, 0.1) is 0 Å². The molecule has 1 N–H and O–H groups in total. The smallest absolute Gasteiger partial charge is 0.251 e. The molecule has 0 spiro atoms. The van der Waals surface area contributed by atoms with Crippen molar-refractivity contribution in [2.24, 2.45) is 0 Å². The molecule has 0 bridgehead atoms. The third kappa shape index (κ3) is 3.46. The quantitative estimate of drug-likeness (QED) is 0.573. The van der Waals surface area contributed by atoms with E-state index in [0.717, 1.165) is 0 Å². The van der Waals surface area contributed by atoms with Crippen LogP contribution in [0.1, 0.15) is 31.1 Å². The molecule has 0 atom stereocenters. The zero-order valence-corrected chi connectivity index (χ0v) is 15.3. The zero-order chi connectivity index (χ0) is 19.0. The molecule has 136 valence electrons. The number of carbonyl (C=O) groups excluding carboxylic acids is 1. The van der Waals surface area contributed by atoms with E-state index in [1.807, 2.05) is 32.9 Å². The van der Waals surface area contributed by atoms with Gasteiger partial charge in [-0.05, 0) is 63.2 Å². The minimum atomic E-state index is -0.319. The van der Waals surface area contributed by atoms with Gasteiger partial charge in [-0.25, -0.2) is 9.97 Å². The highest BCUT2D eigenvalue weighted by atomic mass is 16.3. The molecule has 0 saturated carbocycles. The Bertz CT molecular complexity index is 1090. The standard InChI is InChI=1S/C21H19N3O3/c1-21(2,3)24-20(25)13-8-9-14-15(12-13)23-19(17-7-5-11-27-17)18(22-14)16-6-4-10-26-16/h4-12H,1-3H3,(H,24,25). The van der Waals surface area contributed by atoms with E-state index in [1.54, 1.807) is 42.9 Å². The molecule has 0 radical (unpaired) electrons. The first kappa shape index (κ1) is 17.0. The van der Waals surface area contributed by atoms with Crippen molar-refractivity contribution in [1.82, 2.24) is 15.3 Å². The fraction of sp³-hybridized carbons (Fsp3) is 0.190. The van der Waals surface area contributed by atoms with Crippen LogP contribution in [0.3, 0.4) is 0 Å². The lowest BCUT2D eigenvalue weighted by Crippen LogP contribution is -2.40. The molecule has 0 saturated heterocycles. The average molecular weight is 361 g/mol. The zero-order valence-electron chi connectivity index (χ0n) is 15.3. The summed E-state index contributed by atoms with van der Waals surface area (Å²) in [7, 11) is 0. The third-order valence-corrected chi connectivity index (χ3v) is 3.92. The maximum Gasteiger partial charge on any atom is 0.251 e. The SMILES string of the molecule is CC(C)(C)NC(=O)c1ccc2nc(-c3ccco3)c(-c3ccco3)nc2c1. The summed E-state index contributed by atoms with van der Waals surface area (Å²) in [5, 5.41) is 2.96. The predicted molar refractivity (Wildman–Crippen MR) is 102 cm³/mol. The highest BCUT2D eigenvalue weighted by Crippen LogP contribution is 2.31. The Hall–Kier alpha value is -3.41. The van der Waals surface area contributed by atoms with Crippen molar-refractivity contribution in [1.29, 1.82) is 0 Å². The Labute approximate surface area is 156 Å². The van der Waals surface area contributed by atoms with E-state index in [1.165, 1.54) is 0 Å². The molecular weight excluding hydrogens is 342 g/mol. The largest absolute Gasteiger partial charge is 0.463 e. The number of benzene rings is 1. The van der Waals surface area contributed by atoms with Crippen LogP contribution in [0.15, 0.2) is 63.8 Å². The van der Waals surface area contributed by atoms with Crippen LogP contribution < -0.4 is 5.32 Å². The van der Waals surface area contributed by atoms with Crippen molar-refractivity contribution in [2.75, 3.05) is 0 Å². The van der Waals surface area contributed by atoms with E-state index in [9.17, 15) is 4.79 Å². The Morgan fingerprint density at radius 2 is 1.48 bits per heavy atom. The van der Waals surface area contributed by atoms with Crippen LogP contribution in [0.25, 0.3) is 33.9 Å². The molecule has 1 aromatic carbocycles. The van der Waals surface area contributed by atoms with Gasteiger partial charge in [0.25, 0.3) is 5.91 Å². The van der Waals surface area contributed by atoms with Crippen molar-refractivity contribution in [2.45, 2.75) is 26.3 Å². The topological polar surface area (TPSA) is 81.2 Å². The van der Waals surface area contributed by atoms with Gasteiger partial charge in [-0.15, -0.1) is 0 Å². The number of nitrogens with zero attached hydrogens (tertiary/aromatic N) is 2. The van der Waals surface area contributed by atoms with Gasteiger partial charge in [-0.2, -0.15) is 0 Å². The number of carbonyl (C=O) groups is 1. The Kier molecular flexibility index (Phi) is 4.03. The van der Waals surface area contributed by atoms with Gasteiger partial charge in [0.05, 0.1) is 23.6 Å². The number of amides is 1. The fourth-order valence-corrected chi connectivity index (χ4v) is 2.78. The number of aromatic nitrogens is 2. The summed E-state index contributed by atoms with van der Waals surface area (Å²) in [5.74, 6) is 1.03. The molecular formula is C21H19N3O3. The average Bonchev–Trinajstić information content (AvgIpc) is 3.32. The van der Waals surface area contributed by atoms with Gasteiger partial charge in [0.2, 0.25) is 0 Å². The van der Waals surface area contributed by atoms with Gasteiger partial charge in [0.15, 0.2) is 11.5 Å². The summed E-state index contributed by atoms with van der Waals surface area (Å²) < 4.78 is 11.0. The van der Waals surface area contributed by atoms with E-state index in [0.29, 0.717) is 39.5 Å². The third-order valence-electron chi connectivity index (χ3n) is 3.92. The number of hydrogen-bond acceptors (Lipinski definition) is 5. The Morgan fingerprint density at radius 3 is 2.00 bits per heavy atom. The fourth-order valence-electron chi connectivity index (χ4n) is 2.78. The normalized spacial score (nSPS) is 11.7. The van der Waals surface area contributed by atoms with E-state index in [-0.39, 0.29) is 11.4 Å². The Morgan fingerprint density at radius 1 is 0.889 bits per heavy atom. The molecule has 3 aromatic heterocycles. The maximum atomic E-state index is 12.5. The van der Waals surface area contributed by atoms with Gasteiger partial charge in [-0.3, -0.25) is 4.79 Å². The van der Waals surface area contributed by atoms with E-state index in [4.69, 9.17) is 18.8 Å². The van der Waals surface area contributed by atoms with Crippen LogP contribution in [0.2, 0.25) is 0 Å². The second-order valence-corrected chi connectivity index (χ2v) is 7.28. The first-order valence-corrected chi connectivity index (χ1v) is 8.63. The van der Waals surface area contributed by atoms with E-state index >= 15 is 0 Å². The van der Waals surface area contributed by atoms with Gasteiger partial charge < -0.3 is 14.2 Å². The van der Waals surface area contributed by atoms with Crippen LogP contribution in [0.4, 0.5) is 0 Å². The summed E-state index contributed by atoms with van der Waals surface area (Å²) in [5.41, 5.74) is 2.65. The molecule has 4 rings (SSSR count). The van der Waals surface area contributed by atoms with Crippen LogP contribution in [0.5, 0.6) is 0 Å². The van der Waals surface area contributed by atoms with Crippen molar-refractivity contribution in [3.05, 3.63) is 60.6 Å². The van der Waals surface area contributed by atoms with Crippen LogP contribution in [-0.4, -0.2) is 21.4 Å². The lowest BCUT2D eigenvalue weighted by Gasteiger charge is -2.20. The lowest BCUT2D eigenvalue weighted by atomic mass is 10.1. The maximum absolute atomic E-state index is 12.5. The summed E-state index contributed by atoms with van der Waals surface area (Å²) in [6.45, 7) is 5.82. The minimum Gasteiger partial charge on any atom is -0.463 e. The second kappa shape index (κ2) is 6.39. The van der Waals surface area contributed by atoms with Gasteiger partial charge in [0, 0.05) is 11.1 Å². The van der Waals surface area contributed by atoms with Gasteiger partial charge in [0.1, 0.15) is 11.4 Å². The molecule has 0 aliphatic heterocycles. The number of furan rings is 2. The molecule has 6 heteroatoms. The van der Waals surface area contributed by atoms with E-state index in [2.05, 4.69) is 5.32 Å². The number of fused-ring (bicyclic) bond motifs is 1. The van der Waals surface area contributed by atoms with Crippen molar-refractivity contribution in [3.63, 3.8) is 0 Å². The first-order chi connectivity index (χ1) is 12.9. The molecule has 6 nitrogen and oxygen atoms in total. The Balaban J connectivity index is 1.85. The summed E-state index contributed by atoms with van der Waals surface area (Å²) in [6, 6.07) is 12.5. The molecule has 3 heterocycles. The number of nitrogens with one attached hydrogen (secondary N) is 1. The van der Waals surface area contributed by atoms with Crippen LogP contribution >= 0.6 is 0 Å². The number of hydrogen-bond donors (Lipinski definition) is 1. The monoisotopic (exact) mass is 361 g/mol. The van der Waals surface area contributed by atoms with Crippen molar-refractivity contribution < 1.29 is 13.6 Å². The van der Waals surface area contributed by atoms with Crippen molar-refractivity contribution in [3.8, 4) is 22.9 Å². The van der Waals surface area contributed by atoms with E-state index < -0.39 is 0 Å². The predicted octanol–water partition coefficient (Wildman–Crippen LogP) is 4.68. The second-order valence-electron chi connectivity index (χ2n) is 7.28. The molecule has 0 unspecified atom stereocenters. The summed E-state index contributed by atoms with van der Waals surface area (Å²) in [6.07, 6.45) is 3.17. The highest BCUT2D eigenvalue weighted by molar-refractivity contribution is 5.98.